The zero-order valence-corrected chi connectivity index (χ0v) is 15.1. The maximum atomic E-state index is 11.4. The van der Waals surface area contributed by atoms with Gasteiger partial charge >= 0.3 is 0 Å². The van der Waals surface area contributed by atoms with Crippen molar-refractivity contribution in [2.24, 2.45) is 5.92 Å². The number of hydrogen-bond donors (Lipinski definition) is 0. The summed E-state index contributed by atoms with van der Waals surface area (Å²) in [4.78, 5) is 18.0. The van der Waals surface area contributed by atoms with E-state index in [4.69, 9.17) is 0 Å². The van der Waals surface area contributed by atoms with Gasteiger partial charge in [-0.05, 0) is 45.4 Å². The van der Waals surface area contributed by atoms with Gasteiger partial charge in [0.15, 0.2) is 0 Å². The van der Waals surface area contributed by atoms with E-state index in [-0.39, 0.29) is 5.91 Å². The monoisotopic (exact) mass is 317 g/mol. The molecule has 1 aromatic heterocycles. The molecule has 1 aromatic rings. The smallest absolute Gasteiger partial charge is 0.219 e. The summed E-state index contributed by atoms with van der Waals surface area (Å²) in [6.07, 6.45) is 10.8. The Morgan fingerprint density at radius 2 is 2.04 bits per heavy atom. The first-order valence-corrected chi connectivity index (χ1v) is 8.87. The molecule has 0 N–H and O–H groups in total. The lowest BCUT2D eigenvalue weighted by atomic mass is 9.96. The topological polar surface area (TPSA) is 38.1 Å². The molecule has 0 aromatic carbocycles. The zero-order chi connectivity index (χ0) is 16.8. The Morgan fingerprint density at radius 3 is 2.65 bits per heavy atom. The van der Waals surface area contributed by atoms with Crippen LogP contribution in [0.1, 0.15) is 65.1 Å². The van der Waals surface area contributed by atoms with E-state index >= 15 is 0 Å². The molecule has 0 saturated carbocycles. The highest BCUT2D eigenvalue weighted by Gasteiger charge is 2.22. The molecular formula is C19H31N3O. The Hall–Kier alpha value is -1.58. The molecule has 1 amide bonds. The van der Waals surface area contributed by atoms with Crippen LogP contribution >= 0.6 is 0 Å². The molecule has 4 heteroatoms. The van der Waals surface area contributed by atoms with Crippen LogP contribution in [0.15, 0.2) is 24.0 Å². The molecule has 2 rings (SSSR count). The van der Waals surface area contributed by atoms with Gasteiger partial charge in [0.05, 0.1) is 0 Å². The van der Waals surface area contributed by atoms with Crippen molar-refractivity contribution < 1.29 is 4.79 Å². The molecular weight excluding hydrogens is 286 g/mol. The number of likely N-dealkylation sites (tertiary alicyclic amines) is 1. The Kier molecular flexibility index (Phi) is 6.43. The molecule has 0 bridgehead atoms. The van der Waals surface area contributed by atoms with Crippen LogP contribution in [0.5, 0.6) is 0 Å². The fraction of sp³-hybridized carbons (Fsp3) is 0.684. The van der Waals surface area contributed by atoms with E-state index in [1.807, 2.05) is 11.1 Å². The predicted molar refractivity (Wildman–Crippen MR) is 94.3 cm³/mol. The third kappa shape index (κ3) is 5.22. The molecule has 1 aliphatic rings. The van der Waals surface area contributed by atoms with Crippen LogP contribution in [0.4, 0.5) is 0 Å². The second-order valence-corrected chi connectivity index (χ2v) is 7.15. The van der Waals surface area contributed by atoms with Crippen molar-refractivity contribution in [2.45, 2.75) is 65.8 Å². The molecule has 23 heavy (non-hydrogen) atoms. The molecule has 0 aliphatic carbocycles. The summed E-state index contributed by atoms with van der Waals surface area (Å²) in [7, 11) is 0. The van der Waals surface area contributed by atoms with Gasteiger partial charge in [0.1, 0.15) is 5.82 Å². The van der Waals surface area contributed by atoms with Crippen LogP contribution in [0.25, 0.3) is 0 Å². The molecule has 1 unspecified atom stereocenters. The number of allylic oxidation sites excluding steroid dienone is 2. The van der Waals surface area contributed by atoms with Crippen molar-refractivity contribution in [1.82, 2.24) is 14.5 Å². The Labute approximate surface area is 140 Å². The van der Waals surface area contributed by atoms with E-state index < -0.39 is 0 Å². The number of imidazole rings is 1. The van der Waals surface area contributed by atoms with Gasteiger partial charge in [-0.15, -0.1) is 0 Å². The Bertz CT molecular complexity index is 535. The third-order valence-electron chi connectivity index (χ3n) is 4.86. The zero-order valence-electron chi connectivity index (χ0n) is 15.1. The van der Waals surface area contributed by atoms with E-state index in [1.54, 1.807) is 6.92 Å². The lowest BCUT2D eigenvalue weighted by Gasteiger charge is -2.31. The molecule has 2 heterocycles. The third-order valence-corrected chi connectivity index (χ3v) is 4.86. The van der Waals surface area contributed by atoms with Crippen LogP contribution in [0, 0.1) is 5.92 Å². The maximum absolute atomic E-state index is 11.4. The van der Waals surface area contributed by atoms with Crippen molar-refractivity contribution in [3.05, 3.63) is 29.9 Å². The highest BCUT2D eigenvalue weighted by atomic mass is 16.2. The minimum absolute atomic E-state index is 0.208. The lowest BCUT2D eigenvalue weighted by Crippen LogP contribution is -2.38. The molecule has 1 atom stereocenters. The fourth-order valence-corrected chi connectivity index (χ4v) is 3.37. The van der Waals surface area contributed by atoms with Crippen molar-refractivity contribution in [3.63, 3.8) is 0 Å². The van der Waals surface area contributed by atoms with Gasteiger partial charge in [-0.2, -0.15) is 0 Å². The predicted octanol–water partition coefficient (Wildman–Crippen LogP) is 3.99. The van der Waals surface area contributed by atoms with Gasteiger partial charge in [-0.1, -0.05) is 18.6 Å². The highest BCUT2D eigenvalue weighted by Crippen LogP contribution is 2.24. The van der Waals surface area contributed by atoms with Crippen LogP contribution < -0.4 is 0 Å². The van der Waals surface area contributed by atoms with Gasteiger partial charge in [0, 0.05) is 44.9 Å². The van der Waals surface area contributed by atoms with Crippen LogP contribution in [0.3, 0.4) is 0 Å². The standard InChI is InChI=1S/C19H31N3O/c1-15(2)6-5-7-16(3)19-20-10-13-22(19)14-18-8-11-21(12-9-18)17(4)23/h6,10,13,16,18H,5,7-9,11-12,14H2,1-4H3. The molecule has 128 valence electrons. The summed E-state index contributed by atoms with van der Waals surface area (Å²) >= 11 is 0. The number of hydrogen-bond acceptors (Lipinski definition) is 2. The van der Waals surface area contributed by atoms with E-state index in [0.29, 0.717) is 11.8 Å². The number of nitrogens with zero attached hydrogens (tertiary/aromatic N) is 3. The van der Waals surface area contributed by atoms with Gasteiger partial charge in [-0.25, -0.2) is 4.98 Å². The Morgan fingerprint density at radius 1 is 1.35 bits per heavy atom. The highest BCUT2D eigenvalue weighted by molar-refractivity contribution is 5.73. The number of amides is 1. The summed E-state index contributed by atoms with van der Waals surface area (Å²) in [5.74, 6) is 2.56. The summed E-state index contributed by atoms with van der Waals surface area (Å²) in [5.41, 5.74) is 1.39. The largest absolute Gasteiger partial charge is 0.343 e. The van der Waals surface area contributed by atoms with Gasteiger partial charge in [0.2, 0.25) is 5.91 Å². The Balaban J connectivity index is 1.88. The first-order chi connectivity index (χ1) is 11.0. The fourth-order valence-electron chi connectivity index (χ4n) is 3.37. The van der Waals surface area contributed by atoms with E-state index in [0.717, 1.165) is 45.3 Å². The number of carbonyl (C=O) groups is 1. The summed E-state index contributed by atoms with van der Waals surface area (Å²) in [5, 5.41) is 0. The quantitative estimate of drug-likeness (QED) is 0.744. The number of rotatable bonds is 6. The molecule has 0 spiro atoms. The SMILES string of the molecule is CC(=O)N1CCC(Cn2ccnc2C(C)CCC=C(C)C)CC1. The molecule has 1 saturated heterocycles. The van der Waals surface area contributed by atoms with Gasteiger partial charge in [-0.3, -0.25) is 4.79 Å². The first-order valence-electron chi connectivity index (χ1n) is 8.87. The normalized spacial score (nSPS) is 17.1. The summed E-state index contributed by atoms with van der Waals surface area (Å²) in [6.45, 7) is 11.1. The second kappa shape index (κ2) is 8.32. The second-order valence-electron chi connectivity index (χ2n) is 7.15. The van der Waals surface area contributed by atoms with Crippen LogP contribution in [-0.2, 0) is 11.3 Å². The average molecular weight is 317 g/mol. The van der Waals surface area contributed by atoms with Gasteiger partial charge < -0.3 is 9.47 Å². The molecule has 4 nitrogen and oxygen atoms in total. The van der Waals surface area contributed by atoms with Crippen molar-refractivity contribution in [1.29, 1.82) is 0 Å². The van der Waals surface area contributed by atoms with Gasteiger partial charge in [0.25, 0.3) is 0 Å². The van der Waals surface area contributed by atoms with Crippen molar-refractivity contribution in [2.75, 3.05) is 13.1 Å². The number of carbonyl (C=O) groups excluding carboxylic acids is 1. The molecule has 1 aliphatic heterocycles. The minimum atomic E-state index is 0.208. The minimum Gasteiger partial charge on any atom is -0.343 e. The van der Waals surface area contributed by atoms with Crippen molar-refractivity contribution in [3.8, 4) is 0 Å². The van der Waals surface area contributed by atoms with Crippen molar-refractivity contribution >= 4 is 5.91 Å². The lowest BCUT2D eigenvalue weighted by molar-refractivity contribution is -0.130. The maximum Gasteiger partial charge on any atom is 0.219 e. The molecule has 0 radical (unpaired) electrons. The molecule has 1 fully saturated rings. The first kappa shape index (κ1) is 17.8. The van der Waals surface area contributed by atoms with E-state index in [1.165, 1.54) is 11.4 Å². The number of piperidine rings is 1. The van der Waals surface area contributed by atoms with E-state index in [9.17, 15) is 4.79 Å². The number of aromatic nitrogens is 2. The average Bonchev–Trinajstić information content (AvgIpc) is 2.95. The van der Waals surface area contributed by atoms with Crippen LogP contribution in [0.2, 0.25) is 0 Å². The summed E-state index contributed by atoms with van der Waals surface area (Å²) in [6, 6.07) is 0. The van der Waals surface area contributed by atoms with Crippen LogP contribution in [-0.4, -0.2) is 33.4 Å². The van der Waals surface area contributed by atoms with E-state index in [2.05, 4.69) is 42.6 Å². The summed E-state index contributed by atoms with van der Waals surface area (Å²) < 4.78 is 2.33.